The zero-order chi connectivity index (χ0) is 13.4. The highest BCUT2D eigenvalue weighted by molar-refractivity contribution is 7.16. The number of aryl methyl sites for hydroxylation is 1. The maximum Gasteiger partial charge on any atom is 0.375 e. The summed E-state index contributed by atoms with van der Waals surface area (Å²) in [5.74, 6) is -0.671. The summed E-state index contributed by atoms with van der Waals surface area (Å²) in [5.41, 5.74) is 3.50. The Bertz CT molecular complexity index is 762. The molecular weight excluding hydrogens is 264 g/mol. The smallest absolute Gasteiger partial charge is 0.375 e. The monoisotopic (exact) mass is 274 g/mol. The van der Waals surface area contributed by atoms with Gasteiger partial charge in [0.1, 0.15) is 5.82 Å². The van der Waals surface area contributed by atoms with E-state index in [1.54, 1.807) is 10.2 Å². The molecule has 7 heteroatoms. The van der Waals surface area contributed by atoms with Crippen LogP contribution in [0.1, 0.15) is 23.4 Å². The number of benzene rings is 1. The molecule has 1 aromatic carbocycles. The molecule has 0 radical (unpaired) electrons. The van der Waals surface area contributed by atoms with Gasteiger partial charge in [-0.1, -0.05) is 6.92 Å². The van der Waals surface area contributed by atoms with E-state index in [1.807, 2.05) is 25.1 Å². The molecule has 2 aromatic heterocycles. The van der Waals surface area contributed by atoms with Gasteiger partial charge in [-0.25, -0.2) is 19.4 Å². The molecule has 2 heterocycles. The standard InChI is InChI=1S/C12H10N4O2S/c1-2-10-14-11(12(17)18)15-16(10)7-3-4-8-9(5-7)19-6-13-8/h3-6H,2H2,1H3,(H,17,18). The minimum absolute atomic E-state index is 0.179. The fourth-order valence-electron chi connectivity index (χ4n) is 1.85. The van der Waals surface area contributed by atoms with E-state index in [4.69, 9.17) is 5.11 Å². The van der Waals surface area contributed by atoms with Crippen LogP contribution >= 0.6 is 11.3 Å². The maximum absolute atomic E-state index is 10.9. The summed E-state index contributed by atoms with van der Waals surface area (Å²) in [6, 6.07) is 5.69. The quantitative estimate of drug-likeness (QED) is 0.791. The van der Waals surface area contributed by atoms with Crippen LogP contribution in [0.3, 0.4) is 0 Å². The van der Waals surface area contributed by atoms with Gasteiger partial charge >= 0.3 is 5.97 Å². The highest BCUT2D eigenvalue weighted by atomic mass is 32.1. The van der Waals surface area contributed by atoms with Crippen LogP contribution < -0.4 is 0 Å². The van der Waals surface area contributed by atoms with Gasteiger partial charge in [-0.15, -0.1) is 16.4 Å². The predicted octanol–water partition coefficient (Wildman–Crippen LogP) is 2.14. The lowest BCUT2D eigenvalue weighted by molar-refractivity contribution is 0.0683. The van der Waals surface area contributed by atoms with Gasteiger partial charge in [0.15, 0.2) is 0 Å². The highest BCUT2D eigenvalue weighted by Gasteiger charge is 2.15. The second-order valence-electron chi connectivity index (χ2n) is 3.93. The van der Waals surface area contributed by atoms with Gasteiger partial charge in [0.05, 0.1) is 21.4 Å². The summed E-state index contributed by atoms with van der Waals surface area (Å²) in [5, 5.41) is 13.0. The molecular formula is C12H10N4O2S. The SMILES string of the molecule is CCc1nc(C(=O)O)nn1-c1ccc2ncsc2c1. The third-order valence-electron chi connectivity index (χ3n) is 2.74. The zero-order valence-electron chi connectivity index (χ0n) is 10.1. The summed E-state index contributed by atoms with van der Waals surface area (Å²) < 4.78 is 2.61. The lowest BCUT2D eigenvalue weighted by atomic mass is 10.3. The van der Waals surface area contributed by atoms with Crippen molar-refractivity contribution >= 4 is 27.5 Å². The molecule has 0 saturated carbocycles. The van der Waals surface area contributed by atoms with Gasteiger partial charge in [-0.2, -0.15) is 0 Å². The maximum atomic E-state index is 10.9. The number of aromatic carboxylic acids is 1. The van der Waals surface area contributed by atoms with E-state index in [0.29, 0.717) is 12.2 Å². The Morgan fingerprint density at radius 3 is 3.05 bits per heavy atom. The van der Waals surface area contributed by atoms with E-state index in [2.05, 4.69) is 15.1 Å². The molecule has 0 aliphatic rings. The molecule has 0 amide bonds. The molecule has 0 spiro atoms. The summed E-state index contributed by atoms with van der Waals surface area (Å²) in [6.45, 7) is 1.91. The van der Waals surface area contributed by atoms with Gasteiger partial charge in [0, 0.05) is 6.42 Å². The van der Waals surface area contributed by atoms with Crippen molar-refractivity contribution in [3.05, 3.63) is 35.4 Å². The predicted molar refractivity (Wildman–Crippen MR) is 70.9 cm³/mol. The number of fused-ring (bicyclic) bond motifs is 1. The molecule has 96 valence electrons. The fourth-order valence-corrected chi connectivity index (χ4v) is 2.56. The normalized spacial score (nSPS) is 11.0. The lowest BCUT2D eigenvalue weighted by Crippen LogP contribution is -2.03. The molecule has 1 N–H and O–H groups in total. The highest BCUT2D eigenvalue weighted by Crippen LogP contribution is 2.21. The molecule has 0 aliphatic heterocycles. The number of hydrogen-bond donors (Lipinski definition) is 1. The summed E-state index contributed by atoms with van der Waals surface area (Å²) in [7, 11) is 0. The van der Waals surface area contributed by atoms with Gasteiger partial charge in [-0.05, 0) is 18.2 Å². The Labute approximate surface area is 112 Å². The molecule has 19 heavy (non-hydrogen) atoms. The van der Waals surface area contributed by atoms with Crippen LogP contribution in [-0.4, -0.2) is 30.8 Å². The first-order chi connectivity index (χ1) is 9.19. The average Bonchev–Trinajstić information content (AvgIpc) is 3.04. The van der Waals surface area contributed by atoms with Crippen LogP contribution in [0.2, 0.25) is 0 Å². The van der Waals surface area contributed by atoms with Crippen molar-refractivity contribution in [3.8, 4) is 5.69 Å². The first-order valence-corrected chi connectivity index (χ1v) is 6.60. The van der Waals surface area contributed by atoms with Crippen molar-refractivity contribution in [2.24, 2.45) is 0 Å². The molecule has 3 aromatic rings. The lowest BCUT2D eigenvalue weighted by Gasteiger charge is -2.03. The van der Waals surface area contributed by atoms with Crippen LogP contribution in [0.15, 0.2) is 23.7 Å². The first kappa shape index (κ1) is 11.8. The second-order valence-corrected chi connectivity index (χ2v) is 4.81. The Hall–Kier alpha value is -2.28. The van der Waals surface area contributed by atoms with E-state index in [-0.39, 0.29) is 5.82 Å². The second kappa shape index (κ2) is 4.43. The van der Waals surface area contributed by atoms with Crippen LogP contribution in [0.25, 0.3) is 15.9 Å². The number of carboxylic acids is 1. The van der Waals surface area contributed by atoms with E-state index < -0.39 is 5.97 Å². The van der Waals surface area contributed by atoms with Crippen LogP contribution in [0.4, 0.5) is 0 Å². The number of aromatic nitrogens is 4. The van der Waals surface area contributed by atoms with E-state index in [1.165, 1.54) is 11.3 Å². The first-order valence-electron chi connectivity index (χ1n) is 5.72. The van der Waals surface area contributed by atoms with E-state index in [0.717, 1.165) is 15.9 Å². The Kier molecular flexibility index (Phi) is 2.75. The van der Waals surface area contributed by atoms with Crippen LogP contribution in [0.5, 0.6) is 0 Å². The molecule has 3 rings (SSSR count). The molecule has 0 aliphatic carbocycles. The minimum atomic E-state index is -1.12. The van der Waals surface area contributed by atoms with Crippen molar-refractivity contribution in [1.82, 2.24) is 19.7 Å². The van der Waals surface area contributed by atoms with Gasteiger partial charge in [0.25, 0.3) is 5.82 Å². The fraction of sp³-hybridized carbons (Fsp3) is 0.167. The average molecular weight is 274 g/mol. The van der Waals surface area contributed by atoms with Crippen LogP contribution in [-0.2, 0) is 6.42 Å². The van der Waals surface area contributed by atoms with Gasteiger partial charge < -0.3 is 5.11 Å². The van der Waals surface area contributed by atoms with E-state index >= 15 is 0 Å². The number of thiazole rings is 1. The third-order valence-corrected chi connectivity index (χ3v) is 3.53. The van der Waals surface area contributed by atoms with E-state index in [9.17, 15) is 4.79 Å². The third kappa shape index (κ3) is 1.97. The van der Waals surface area contributed by atoms with Crippen molar-refractivity contribution in [2.45, 2.75) is 13.3 Å². The minimum Gasteiger partial charge on any atom is -0.475 e. The Morgan fingerprint density at radius 2 is 2.32 bits per heavy atom. The summed E-state index contributed by atoms with van der Waals surface area (Å²) in [4.78, 5) is 19.2. The largest absolute Gasteiger partial charge is 0.475 e. The van der Waals surface area contributed by atoms with Gasteiger partial charge in [-0.3, -0.25) is 0 Å². The molecule has 0 unspecified atom stereocenters. The zero-order valence-corrected chi connectivity index (χ0v) is 10.9. The van der Waals surface area contributed by atoms with Gasteiger partial charge in [0.2, 0.25) is 0 Å². The number of carboxylic acid groups (broad SMARTS) is 1. The topological polar surface area (TPSA) is 80.9 Å². The Morgan fingerprint density at radius 1 is 1.47 bits per heavy atom. The van der Waals surface area contributed by atoms with Crippen LogP contribution in [0, 0.1) is 0 Å². The number of hydrogen-bond acceptors (Lipinski definition) is 5. The molecule has 0 bridgehead atoms. The Balaban J connectivity index is 2.16. The summed E-state index contributed by atoms with van der Waals surface area (Å²) in [6.07, 6.45) is 0.612. The number of carbonyl (C=O) groups is 1. The number of nitrogens with zero attached hydrogens (tertiary/aromatic N) is 4. The van der Waals surface area contributed by atoms with Crippen molar-refractivity contribution in [1.29, 1.82) is 0 Å². The molecule has 0 fully saturated rings. The number of rotatable bonds is 3. The molecule has 0 atom stereocenters. The molecule has 0 saturated heterocycles. The van der Waals surface area contributed by atoms with Crippen molar-refractivity contribution in [3.63, 3.8) is 0 Å². The molecule has 6 nitrogen and oxygen atoms in total. The van der Waals surface area contributed by atoms with Crippen molar-refractivity contribution in [2.75, 3.05) is 0 Å². The van der Waals surface area contributed by atoms with Crippen molar-refractivity contribution < 1.29 is 9.90 Å². The summed E-state index contributed by atoms with van der Waals surface area (Å²) >= 11 is 1.53.